The van der Waals surface area contributed by atoms with E-state index in [1.807, 2.05) is 0 Å². The van der Waals surface area contributed by atoms with Crippen LogP contribution >= 0.6 is 7.60 Å². The van der Waals surface area contributed by atoms with Crippen LogP contribution in [0, 0.1) is 0 Å². The molecular weight excluding hydrogens is 213 g/mol. The molecule has 15 heavy (non-hydrogen) atoms. The lowest BCUT2D eigenvalue weighted by Crippen LogP contribution is -2.15. The molecule has 0 spiro atoms. The maximum Gasteiger partial charge on any atom is 0.327 e. The van der Waals surface area contributed by atoms with E-state index in [9.17, 15) is 4.57 Å². The molecule has 0 heterocycles. The van der Waals surface area contributed by atoms with Crippen LogP contribution in [0.25, 0.3) is 0 Å². The molecule has 0 aliphatic rings. The molecule has 4 nitrogen and oxygen atoms in total. The quantitative estimate of drug-likeness (QED) is 0.452. The van der Waals surface area contributed by atoms with Gasteiger partial charge in [-0.2, -0.15) is 0 Å². The molecule has 0 radical (unpaired) electrons. The van der Waals surface area contributed by atoms with E-state index >= 15 is 0 Å². The van der Waals surface area contributed by atoms with E-state index in [1.54, 1.807) is 0 Å². The third-order valence-electron chi connectivity index (χ3n) is 2.26. The maximum atomic E-state index is 11.1. The molecule has 0 aromatic carbocycles. The summed E-state index contributed by atoms with van der Waals surface area (Å²) >= 11 is 0. The van der Waals surface area contributed by atoms with E-state index in [2.05, 4.69) is 16.8 Å². The monoisotopic (exact) mass is 237 g/mol. The van der Waals surface area contributed by atoms with Crippen molar-refractivity contribution in [2.45, 2.75) is 39.0 Å². The smallest absolute Gasteiger partial charge is 0.324 e. The van der Waals surface area contributed by atoms with Crippen molar-refractivity contribution in [1.29, 1.82) is 0 Å². The van der Waals surface area contributed by atoms with E-state index in [1.165, 1.54) is 13.5 Å². The summed E-state index contributed by atoms with van der Waals surface area (Å²) in [6, 6.07) is 0. The molecule has 5 heteroatoms. The second-order valence-corrected chi connectivity index (χ2v) is 5.80. The van der Waals surface area contributed by atoms with Gasteiger partial charge in [0, 0.05) is 13.3 Å². The molecule has 0 aliphatic carbocycles. The Labute approximate surface area is 92.9 Å². The third-order valence-corrected chi connectivity index (χ3v) is 3.71. The van der Waals surface area contributed by atoms with Crippen molar-refractivity contribution in [2.75, 3.05) is 26.4 Å². The van der Waals surface area contributed by atoms with Crippen LogP contribution in [0.2, 0.25) is 0 Å². The van der Waals surface area contributed by atoms with Crippen molar-refractivity contribution >= 4 is 7.60 Å². The van der Waals surface area contributed by atoms with E-state index < -0.39 is 7.60 Å². The van der Waals surface area contributed by atoms with Crippen LogP contribution in [-0.4, -0.2) is 31.3 Å². The van der Waals surface area contributed by atoms with Crippen molar-refractivity contribution < 1.29 is 14.0 Å². The predicted octanol–water partition coefficient (Wildman–Crippen LogP) is 2.38. The number of unbranched alkanes of at least 4 members (excludes halogenated alkanes) is 3. The first-order valence-corrected chi connectivity index (χ1v) is 7.47. The van der Waals surface area contributed by atoms with Gasteiger partial charge >= 0.3 is 7.60 Å². The number of rotatable bonds is 10. The first-order valence-electron chi connectivity index (χ1n) is 5.70. The third kappa shape index (κ3) is 10.4. The normalized spacial score (nSPS) is 15.1. The molecule has 1 unspecified atom stereocenters. The molecule has 2 N–H and O–H groups in total. The fourth-order valence-electron chi connectivity index (χ4n) is 1.31. The molecule has 0 saturated heterocycles. The second kappa shape index (κ2) is 9.34. The van der Waals surface area contributed by atoms with E-state index in [4.69, 9.17) is 4.89 Å². The molecule has 1 atom stereocenters. The lowest BCUT2D eigenvalue weighted by Gasteiger charge is -2.08. The lowest BCUT2D eigenvalue weighted by molar-refractivity contribution is 0.314. The highest BCUT2D eigenvalue weighted by Crippen LogP contribution is 2.41. The average molecular weight is 237 g/mol. The predicted molar refractivity (Wildman–Crippen MR) is 63.3 cm³/mol. The van der Waals surface area contributed by atoms with E-state index in [0.717, 1.165) is 38.8 Å². The Bertz CT molecular complexity index is 188. The van der Waals surface area contributed by atoms with Gasteiger partial charge in [0.25, 0.3) is 0 Å². The van der Waals surface area contributed by atoms with Crippen LogP contribution in [0.3, 0.4) is 0 Å². The Hall–Kier alpha value is 0.110. The van der Waals surface area contributed by atoms with E-state index in [0.29, 0.717) is 0 Å². The van der Waals surface area contributed by atoms with Gasteiger partial charge < -0.3 is 14.7 Å². The minimum Gasteiger partial charge on any atom is -0.324 e. The van der Waals surface area contributed by atoms with Gasteiger partial charge in [0.1, 0.15) is 0 Å². The molecule has 0 aromatic heterocycles. The molecule has 0 fully saturated rings. The first kappa shape index (κ1) is 15.1. The van der Waals surface area contributed by atoms with Crippen molar-refractivity contribution in [1.82, 2.24) is 5.32 Å². The zero-order valence-electron chi connectivity index (χ0n) is 9.87. The molecular formula is C10H24NO3P. The summed E-state index contributed by atoms with van der Waals surface area (Å²) < 4.78 is 15.6. The topological polar surface area (TPSA) is 58.6 Å². The van der Waals surface area contributed by atoms with Gasteiger partial charge in [-0.15, -0.1) is 0 Å². The molecule has 92 valence electrons. The largest absolute Gasteiger partial charge is 0.327 e. The zero-order chi connectivity index (χ0) is 11.6. The number of hydrogen-bond donors (Lipinski definition) is 2. The Morgan fingerprint density at radius 1 is 1.20 bits per heavy atom. The highest BCUT2D eigenvalue weighted by molar-refractivity contribution is 7.52. The van der Waals surface area contributed by atoms with Crippen LogP contribution in [0.4, 0.5) is 0 Å². The Morgan fingerprint density at radius 3 is 2.47 bits per heavy atom. The van der Waals surface area contributed by atoms with Crippen LogP contribution in [0.5, 0.6) is 0 Å². The second-order valence-electron chi connectivity index (χ2n) is 3.71. The van der Waals surface area contributed by atoms with Gasteiger partial charge in [0.15, 0.2) is 0 Å². The molecule has 0 saturated carbocycles. The van der Waals surface area contributed by atoms with Gasteiger partial charge in [-0.25, -0.2) is 0 Å². The molecule has 0 aromatic rings. The summed E-state index contributed by atoms with van der Waals surface area (Å²) in [5.41, 5.74) is 0. The number of nitrogens with one attached hydrogen (secondary N) is 1. The minimum atomic E-state index is -3.26. The van der Waals surface area contributed by atoms with Crippen LogP contribution in [0.15, 0.2) is 0 Å². The molecule has 0 rings (SSSR count). The maximum absolute atomic E-state index is 11.1. The van der Waals surface area contributed by atoms with Crippen LogP contribution in [0.1, 0.15) is 39.0 Å². The van der Waals surface area contributed by atoms with Gasteiger partial charge in [-0.05, 0) is 32.4 Å². The van der Waals surface area contributed by atoms with Crippen LogP contribution < -0.4 is 5.32 Å². The molecule has 0 aliphatic heterocycles. The average Bonchev–Trinajstić information content (AvgIpc) is 2.22. The van der Waals surface area contributed by atoms with Gasteiger partial charge in [-0.3, -0.25) is 4.57 Å². The fourth-order valence-corrected chi connectivity index (χ4v) is 2.11. The van der Waals surface area contributed by atoms with Crippen LogP contribution in [-0.2, 0) is 9.09 Å². The van der Waals surface area contributed by atoms with Crippen molar-refractivity contribution in [3.63, 3.8) is 0 Å². The fraction of sp³-hybridized carbons (Fsp3) is 1.00. The Morgan fingerprint density at radius 2 is 1.87 bits per heavy atom. The van der Waals surface area contributed by atoms with Crippen molar-refractivity contribution in [3.05, 3.63) is 0 Å². The lowest BCUT2D eigenvalue weighted by atomic mass is 10.2. The standard InChI is InChI=1S/C10H24NO3P/c1-3-8-11-9-6-4-5-7-10-15(12,13)14-2/h11H,3-10H2,1-2H3,(H,12,13). The van der Waals surface area contributed by atoms with Gasteiger partial charge in [-0.1, -0.05) is 19.8 Å². The SMILES string of the molecule is CCCNCCCCCCP(=O)(O)OC. The zero-order valence-corrected chi connectivity index (χ0v) is 10.8. The van der Waals surface area contributed by atoms with Crippen molar-refractivity contribution in [2.24, 2.45) is 0 Å². The Kier molecular flexibility index (Phi) is 9.41. The van der Waals surface area contributed by atoms with Gasteiger partial charge in [0.05, 0.1) is 0 Å². The summed E-state index contributed by atoms with van der Waals surface area (Å²) in [5, 5.41) is 3.32. The number of hydrogen-bond acceptors (Lipinski definition) is 3. The summed E-state index contributed by atoms with van der Waals surface area (Å²) in [4.78, 5) is 9.12. The summed E-state index contributed by atoms with van der Waals surface area (Å²) in [7, 11) is -1.97. The highest BCUT2D eigenvalue weighted by atomic mass is 31.2. The highest BCUT2D eigenvalue weighted by Gasteiger charge is 2.15. The molecule has 0 bridgehead atoms. The summed E-state index contributed by atoms with van der Waals surface area (Å²) in [5.74, 6) is 0. The molecule has 0 amide bonds. The van der Waals surface area contributed by atoms with E-state index in [-0.39, 0.29) is 6.16 Å². The first-order chi connectivity index (χ1) is 7.12. The minimum absolute atomic E-state index is 0.284. The van der Waals surface area contributed by atoms with Crippen molar-refractivity contribution in [3.8, 4) is 0 Å². The summed E-state index contributed by atoms with van der Waals surface area (Å²) in [6.45, 7) is 4.28. The van der Waals surface area contributed by atoms with Gasteiger partial charge in [0.2, 0.25) is 0 Å². The Balaban J connectivity index is 3.15. The summed E-state index contributed by atoms with van der Waals surface area (Å²) in [6.07, 6.45) is 5.48.